The Morgan fingerprint density at radius 1 is 1.19 bits per heavy atom. The SMILES string of the molecule is CC(C)CCOc1c[nH]c(COC(=O)C23CC4CC(CC(C4)C2)C3)cc1=O. The number of hydrogen-bond donors (Lipinski definition) is 1. The average molecular weight is 373 g/mol. The van der Waals surface area contributed by atoms with E-state index in [0.717, 1.165) is 25.7 Å². The van der Waals surface area contributed by atoms with Crippen LogP contribution in [0.1, 0.15) is 64.5 Å². The minimum Gasteiger partial charge on any atom is -0.488 e. The summed E-state index contributed by atoms with van der Waals surface area (Å²) in [6, 6.07) is 1.48. The van der Waals surface area contributed by atoms with E-state index in [1.165, 1.54) is 25.3 Å². The molecule has 0 unspecified atom stereocenters. The van der Waals surface area contributed by atoms with Gasteiger partial charge in [0, 0.05) is 12.3 Å². The predicted molar refractivity (Wildman–Crippen MR) is 102 cm³/mol. The lowest BCUT2D eigenvalue weighted by atomic mass is 9.49. The van der Waals surface area contributed by atoms with Gasteiger partial charge in [-0.3, -0.25) is 9.59 Å². The number of H-pyrrole nitrogens is 1. The molecule has 4 saturated carbocycles. The van der Waals surface area contributed by atoms with E-state index in [1.807, 2.05) is 0 Å². The normalized spacial score (nSPS) is 31.3. The summed E-state index contributed by atoms with van der Waals surface area (Å²) < 4.78 is 11.2. The van der Waals surface area contributed by atoms with E-state index in [-0.39, 0.29) is 23.4 Å². The van der Waals surface area contributed by atoms with Gasteiger partial charge < -0.3 is 14.5 Å². The summed E-state index contributed by atoms with van der Waals surface area (Å²) in [7, 11) is 0. The van der Waals surface area contributed by atoms with Crippen LogP contribution < -0.4 is 10.2 Å². The molecule has 0 atom stereocenters. The van der Waals surface area contributed by atoms with E-state index in [2.05, 4.69) is 18.8 Å². The van der Waals surface area contributed by atoms with Crippen molar-refractivity contribution in [2.45, 2.75) is 65.4 Å². The first-order valence-electron chi connectivity index (χ1n) is 10.4. The Bertz CT molecular complexity index is 716. The van der Waals surface area contributed by atoms with Gasteiger partial charge in [0.05, 0.1) is 17.7 Å². The maximum absolute atomic E-state index is 12.9. The highest BCUT2D eigenvalue weighted by atomic mass is 16.5. The Hall–Kier alpha value is -1.78. The van der Waals surface area contributed by atoms with Crippen LogP contribution in [0.4, 0.5) is 0 Å². The zero-order valence-corrected chi connectivity index (χ0v) is 16.5. The van der Waals surface area contributed by atoms with Crippen molar-refractivity contribution in [1.82, 2.24) is 4.98 Å². The van der Waals surface area contributed by atoms with E-state index in [9.17, 15) is 9.59 Å². The highest BCUT2D eigenvalue weighted by Gasteiger charge is 2.55. The first kappa shape index (κ1) is 18.6. The van der Waals surface area contributed by atoms with E-state index in [4.69, 9.17) is 9.47 Å². The summed E-state index contributed by atoms with van der Waals surface area (Å²) in [6.45, 7) is 4.90. The summed E-state index contributed by atoms with van der Waals surface area (Å²) in [4.78, 5) is 28.1. The fraction of sp³-hybridized carbons (Fsp3) is 0.727. The van der Waals surface area contributed by atoms with E-state index in [0.29, 0.717) is 41.7 Å². The molecule has 0 radical (unpaired) electrons. The second-order valence-electron chi connectivity index (χ2n) is 9.49. The summed E-state index contributed by atoms with van der Waals surface area (Å²) >= 11 is 0. The molecule has 0 saturated heterocycles. The van der Waals surface area contributed by atoms with Crippen LogP contribution in [0.25, 0.3) is 0 Å². The van der Waals surface area contributed by atoms with Crippen LogP contribution in [0, 0.1) is 29.1 Å². The van der Waals surface area contributed by atoms with Gasteiger partial charge >= 0.3 is 5.97 Å². The summed E-state index contributed by atoms with van der Waals surface area (Å²) in [5.41, 5.74) is 0.197. The molecule has 1 N–H and O–H groups in total. The van der Waals surface area contributed by atoms with Crippen LogP contribution in [0.3, 0.4) is 0 Å². The highest BCUT2D eigenvalue weighted by Crippen LogP contribution is 2.60. The Kier molecular flexibility index (Phi) is 5.04. The maximum Gasteiger partial charge on any atom is 0.312 e. The first-order valence-corrected chi connectivity index (χ1v) is 10.4. The van der Waals surface area contributed by atoms with Gasteiger partial charge in [0.25, 0.3) is 0 Å². The molecule has 5 nitrogen and oxygen atoms in total. The van der Waals surface area contributed by atoms with Gasteiger partial charge in [-0.1, -0.05) is 13.8 Å². The molecule has 5 heteroatoms. The minimum absolute atomic E-state index is 0.0558. The average Bonchev–Trinajstić information content (AvgIpc) is 2.60. The van der Waals surface area contributed by atoms with Gasteiger partial charge in [-0.2, -0.15) is 0 Å². The lowest BCUT2D eigenvalue weighted by Gasteiger charge is -2.55. The second-order valence-corrected chi connectivity index (χ2v) is 9.49. The molecule has 0 aromatic carbocycles. The fourth-order valence-corrected chi connectivity index (χ4v) is 5.76. The number of pyridine rings is 1. The van der Waals surface area contributed by atoms with Crippen molar-refractivity contribution in [3.8, 4) is 5.75 Å². The zero-order chi connectivity index (χ0) is 19.0. The lowest BCUT2D eigenvalue weighted by molar-refractivity contribution is -0.173. The predicted octanol–water partition coefficient (Wildman–Crippen LogP) is 4.06. The lowest BCUT2D eigenvalue weighted by Crippen LogP contribution is -2.50. The van der Waals surface area contributed by atoms with Gasteiger partial charge in [-0.15, -0.1) is 0 Å². The van der Waals surface area contributed by atoms with Crippen molar-refractivity contribution in [3.05, 3.63) is 28.2 Å². The number of carbonyl (C=O) groups is 1. The number of esters is 1. The first-order chi connectivity index (χ1) is 12.9. The molecule has 4 fully saturated rings. The quantitative estimate of drug-likeness (QED) is 0.732. The van der Waals surface area contributed by atoms with Crippen molar-refractivity contribution >= 4 is 5.97 Å². The van der Waals surface area contributed by atoms with Crippen molar-refractivity contribution < 1.29 is 14.3 Å². The largest absolute Gasteiger partial charge is 0.488 e. The number of carbonyl (C=O) groups excluding carboxylic acids is 1. The molecule has 0 spiro atoms. The smallest absolute Gasteiger partial charge is 0.312 e. The Morgan fingerprint density at radius 2 is 1.81 bits per heavy atom. The number of ether oxygens (including phenoxy) is 2. The van der Waals surface area contributed by atoms with E-state index in [1.54, 1.807) is 6.20 Å². The molecule has 148 valence electrons. The Balaban J connectivity index is 1.34. The van der Waals surface area contributed by atoms with Gasteiger partial charge in [0.1, 0.15) is 6.61 Å². The number of nitrogens with one attached hydrogen (secondary N) is 1. The highest BCUT2D eigenvalue weighted by molar-refractivity contribution is 5.77. The summed E-state index contributed by atoms with van der Waals surface area (Å²) in [5, 5.41) is 0. The van der Waals surface area contributed by atoms with Crippen LogP contribution in [0.5, 0.6) is 5.75 Å². The molecule has 5 rings (SSSR count). The molecule has 1 aromatic rings. The topological polar surface area (TPSA) is 68.4 Å². The van der Waals surface area contributed by atoms with Crippen LogP contribution in [-0.2, 0) is 16.1 Å². The monoisotopic (exact) mass is 373 g/mol. The minimum atomic E-state index is -0.255. The molecule has 4 bridgehead atoms. The molecule has 1 aromatic heterocycles. The number of rotatable bonds is 7. The van der Waals surface area contributed by atoms with Gasteiger partial charge in [0.2, 0.25) is 5.43 Å². The van der Waals surface area contributed by atoms with Gasteiger partial charge in [-0.05, 0) is 68.6 Å². The van der Waals surface area contributed by atoms with E-state index < -0.39 is 0 Å². The number of aromatic nitrogens is 1. The van der Waals surface area contributed by atoms with Gasteiger partial charge in [0.15, 0.2) is 5.75 Å². The van der Waals surface area contributed by atoms with Gasteiger partial charge in [-0.25, -0.2) is 0 Å². The standard InChI is InChI=1S/C22H31NO4/c1-14(2)3-4-26-20-12-23-18(8-19(20)24)13-27-21(25)22-9-15-5-16(10-22)7-17(6-15)11-22/h8,12,14-17H,3-7,9-11,13H2,1-2H3,(H,23,24). The van der Waals surface area contributed by atoms with Crippen molar-refractivity contribution in [3.63, 3.8) is 0 Å². The van der Waals surface area contributed by atoms with Crippen LogP contribution in [0.15, 0.2) is 17.1 Å². The Labute approximate surface area is 160 Å². The third-order valence-electron chi connectivity index (χ3n) is 6.72. The zero-order valence-electron chi connectivity index (χ0n) is 16.5. The molecule has 0 amide bonds. The molecule has 1 heterocycles. The summed E-state index contributed by atoms with van der Waals surface area (Å²) in [6.07, 6.45) is 9.39. The van der Waals surface area contributed by atoms with Crippen molar-refractivity contribution in [2.75, 3.05) is 6.61 Å². The van der Waals surface area contributed by atoms with Crippen molar-refractivity contribution in [1.29, 1.82) is 0 Å². The Morgan fingerprint density at radius 3 is 2.37 bits per heavy atom. The molecule has 27 heavy (non-hydrogen) atoms. The number of aromatic amines is 1. The maximum atomic E-state index is 12.9. The second kappa shape index (κ2) is 7.33. The third kappa shape index (κ3) is 3.92. The molecular formula is C22H31NO4. The summed E-state index contributed by atoms with van der Waals surface area (Å²) in [5.74, 6) is 2.95. The van der Waals surface area contributed by atoms with Crippen LogP contribution in [0.2, 0.25) is 0 Å². The fourth-order valence-electron chi connectivity index (χ4n) is 5.76. The molecule has 4 aliphatic rings. The van der Waals surface area contributed by atoms with E-state index >= 15 is 0 Å². The van der Waals surface area contributed by atoms with Crippen LogP contribution >= 0.6 is 0 Å². The molecule has 0 aliphatic heterocycles. The number of hydrogen-bond acceptors (Lipinski definition) is 4. The van der Waals surface area contributed by atoms with Crippen molar-refractivity contribution in [2.24, 2.45) is 29.1 Å². The molecular weight excluding hydrogens is 342 g/mol. The van der Waals surface area contributed by atoms with Crippen LogP contribution in [-0.4, -0.2) is 17.6 Å². The third-order valence-corrected chi connectivity index (χ3v) is 6.72. The molecule has 4 aliphatic carbocycles.